The molecule has 0 spiro atoms. The van der Waals surface area contributed by atoms with Gasteiger partial charge >= 0.3 is 11.8 Å². The van der Waals surface area contributed by atoms with Crippen molar-refractivity contribution in [2.75, 3.05) is 5.32 Å². The Hall–Kier alpha value is -3.87. The molecule has 7 heteroatoms. The lowest BCUT2D eigenvalue weighted by Gasteiger charge is -2.10. The minimum Gasteiger partial charge on any atom is -0.422 e. The van der Waals surface area contributed by atoms with Crippen LogP contribution in [-0.2, 0) is 6.18 Å². The molecule has 0 saturated carbocycles. The fraction of sp³-hybridized carbons (Fsp3) is 0.0435. The highest BCUT2D eigenvalue weighted by Crippen LogP contribution is 2.31. The zero-order valence-electron chi connectivity index (χ0n) is 15.4. The smallest absolute Gasteiger partial charge is 0.416 e. The summed E-state index contributed by atoms with van der Waals surface area (Å²) in [6, 6.07) is 19.3. The number of fused-ring (bicyclic) bond motifs is 1. The second-order valence-electron chi connectivity index (χ2n) is 6.60. The second kappa shape index (κ2) is 7.51. The lowest BCUT2D eigenvalue weighted by Crippen LogP contribution is -2.13. The molecular formula is C23H14F3NO3. The molecule has 1 N–H and O–H groups in total. The maximum atomic E-state index is 12.9. The third kappa shape index (κ3) is 3.96. The van der Waals surface area contributed by atoms with E-state index in [4.69, 9.17) is 4.42 Å². The van der Waals surface area contributed by atoms with Gasteiger partial charge in [0.1, 0.15) is 5.58 Å². The van der Waals surface area contributed by atoms with Crippen molar-refractivity contribution in [2.45, 2.75) is 6.18 Å². The molecule has 0 saturated heterocycles. The number of amides is 1. The van der Waals surface area contributed by atoms with Gasteiger partial charge in [0.15, 0.2) is 0 Å². The molecule has 0 fully saturated rings. The number of anilines is 1. The van der Waals surface area contributed by atoms with Gasteiger partial charge in [-0.2, -0.15) is 13.2 Å². The van der Waals surface area contributed by atoms with E-state index in [-0.39, 0.29) is 16.8 Å². The Morgan fingerprint density at radius 1 is 0.867 bits per heavy atom. The number of hydrogen-bond donors (Lipinski definition) is 1. The van der Waals surface area contributed by atoms with E-state index in [1.807, 2.05) is 6.07 Å². The van der Waals surface area contributed by atoms with E-state index in [1.165, 1.54) is 24.3 Å². The van der Waals surface area contributed by atoms with E-state index in [2.05, 4.69) is 5.32 Å². The van der Waals surface area contributed by atoms with Crippen LogP contribution in [0.4, 0.5) is 18.9 Å². The van der Waals surface area contributed by atoms with Crippen LogP contribution in [0.2, 0.25) is 0 Å². The minimum absolute atomic E-state index is 0.0189. The Morgan fingerprint density at radius 3 is 2.43 bits per heavy atom. The summed E-state index contributed by atoms with van der Waals surface area (Å²) in [5.41, 5.74) is -0.00631. The maximum Gasteiger partial charge on any atom is 0.416 e. The van der Waals surface area contributed by atoms with Crippen molar-refractivity contribution in [3.8, 4) is 11.1 Å². The topological polar surface area (TPSA) is 59.3 Å². The van der Waals surface area contributed by atoms with Gasteiger partial charge in [0.2, 0.25) is 0 Å². The first-order valence-corrected chi connectivity index (χ1v) is 8.93. The molecule has 1 amide bonds. The van der Waals surface area contributed by atoms with E-state index in [9.17, 15) is 22.8 Å². The number of alkyl halides is 3. The first-order chi connectivity index (χ1) is 14.3. The maximum absolute atomic E-state index is 12.9. The van der Waals surface area contributed by atoms with E-state index < -0.39 is 23.3 Å². The van der Waals surface area contributed by atoms with Crippen molar-refractivity contribution in [3.05, 3.63) is 100 Å². The molecule has 4 aromatic rings. The lowest BCUT2D eigenvalue weighted by molar-refractivity contribution is -0.137. The van der Waals surface area contributed by atoms with E-state index in [0.29, 0.717) is 11.1 Å². The first kappa shape index (κ1) is 19.4. The van der Waals surface area contributed by atoms with Crippen molar-refractivity contribution in [2.24, 2.45) is 0 Å². The summed E-state index contributed by atoms with van der Waals surface area (Å²) in [6.45, 7) is 0. The van der Waals surface area contributed by atoms with Crippen molar-refractivity contribution in [1.29, 1.82) is 0 Å². The summed E-state index contributed by atoms with van der Waals surface area (Å²) in [6.07, 6.45) is -4.51. The number of hydrogen-bond acceptors (Lipinski definition) is 3. The third-order valence-electron chi connectivity index (χ3n) is 4.52. The Bertz CT molecular complexity index is 1310. The van der Waals surface area contributed by atoms with Gasteiger partial charge in [0.25, 0.3) is 5.91 Å². The number of carbonyl (C=O) groups excluding carboxylic acids is 1. The number of nitrogens with one attached hydrogen (secondary N) is 1. The average molecular weight is 409 g/mol. The standard InChI is InChI=1S/C23H14F3NO3/c24-23(25,26)17-8-4-9-18(13-17)27-21(28)16-7-3-6-14(11-16)19-12-15-5-1-2-10-20(15)30-22(19)29/h1-13H,(H,27,28). The number of carbonyl (C=O) groups is 1. The number of benzene rings is 3. The molecule has 1 heterocycles. The highest BCUT2D eigenvalue weighted by atomic mass is 19.4. The predicted molar refractivity (Wildman–Crippen MR) is 107 cm³/mol. The summed E-state index contributed by atoms with van der Waals surface area (Å²) >= 11 is 0. The SMILES string of the molecule is O=C(Nc1cccc(C(F)(F)F)c1)c1cccc(-c2cc3ccccc3oc2=O)c1. The molecule has 0 radical (unpaired) electrons. The van der Waals surface area contributed by atoms with Crippen LogP contribution in [0.1, 0.15) is 15.9 Å². The fourth-order valence-electron chi connectivity index (χ4n) is 3.07. The largest absolute Gasteiger partial charge is 0.422 e. The van der Waals surface area contributed by atoms with Crippen LogP contribution in [0.15, 0.2) is 88.1 Å². The van der Waals surface area contributed by atoms with Crippen LogP contribution in [0.3, 0.4) is 0 Å². The summed E-state index contributed by atoms with van der Waals surface area (Å²) < 4.78 is 43.9. The van der Waals surface area contributed by atoms with Crippen LogP contribution in [0, 0.1) is 0 Å². The zero-order chi connectivity index (χ0) is 21.3. The molecule has 30 heavy (non-hydrogen) atoms. The molecule has 4 rings (SSSR count). The predicted octanol–water partition coefficient (Wildman–Crippen LogP) is 5.73. The molecular weight excluding hydrogens is 395 g/mol. The number of halogens is 3. The van der Waals surface area contributed by atoms with Gasteiger partial charge in [-0.3, -0.25) is 4.79 Å². The van der Waals surface area contributed by atoms with Crippen molar-refractivity contribution in [3.63, 3.8) is 0 Å². The quantitative estimate of drug-likeness (QED) is 0.440. The average Bonchev–Trinajstić information content (AvgIpc) is 2.73. The molecule has 0 aliphatic heterocycles. The first-order valence-electron chi connectivity index (χ1n) is 8.93. The van der Waals surface area contributed by atoms with Gasteiger partial charge in [0, 0.05) is 16.6 Å². The van der Waals surface area contributed by atoms with E-state index in [0.717, 1.165) is 17.5 Å². The summed E-state index contributed by atoms with van der Waals surface area (Å²) in [4.78, 5) is 24.9. The zero-order valence-corrected chi connectivity index (χ0v) is 15.4. The summed E-state index contributed by atoms with van der Waals surface area (Å²) in [5, 5.41) is 3.18. The van der Waals surface area contributed by atoms with Crippen LogP contribution in [0.5, 0.6) is 0 Å². The Balaban J connectivity index is 1.65. The molecule has 4 nitrogen and oxygen atoms in total. The molecule has 0 atom stereocenters. The third-order valence-corrected chi connectivity index (χ3v) is 4.52. The molecule has 0 bridgehead atoms. The fourth-order valence-corrected chi connectivity index (χ4v) is 3.07. The van der Waals surface area contributed by atoms with Crippen molar-refractivity contribution >= 4 is 22.6 Å². The highest BCUT2D eigenvalue weighted by molar-refractivity contribution is 6.05. The van der Waals surface area contributed by atoms with Gasteiger partial charge < -0.3 is 9.73 Å². The molecule has 150 valence electrons. The number of rotatable bonds is 3. The molecule has 1 aromatic heterocycles. The molecule has 0 aliphatic rings. The number of para-hydroxylation sites is 1. The minimum atomic E-state index is -4.51. The Labute approximate surface area is 168 Å². The van der Waals surface area contributed by atoms with E-state index >= 15 is 0 Å². The van der Waals surface area contributed by atoms with Crippen LogP contribution in [0.25, 0.3) is 22.1 Å². The lowest BCUT2D eigenvalue weighted by atomic mass is 10.0. The summed E-state index contributed by atoms with van der Waals surface area (Å²) in [5.74, 6) is -0.596. The van der Waals surface area contributed by atoms with Gasteiger partial charge in [-0.05, 0) is 48.0 Å². The van der Waals surface area contributed by atoms with Crippen molar-refractivity contribution in [1.82, 2.24) is 0 Å². The normalized spacial score (nSPS) is 11.4. The van der Waals surface area contributed by atoms with Crippen molar-refractivity contribution < 1.29 is 22.4 Å². The molecule has 0 aliphatic carbocycles. The van der Waals surface area contributed by atoms with Gasteiger partial charge in [-0.25, -0.2) is 4.79 Å². The van der Waals surface area contributed by atoms with Gasteiger partial charge in [-0.15, -0.1) is 0 Å². The van der Waals surface area contributed by atoms with Crippen LogP contribution >= 0.6 is 0 Å². The Morgan fingerprint density at radius 2 is 1.63 bits per heavy atom. The molecule has 0 unspecified atom stereocenters. The second-order valence-corrected chi connectivity index (χ2v) is 6.60. The van der Waals surface area contributed by atoms with Gasteiger partial charge in [-0.1, -0.05) is 36.4 Å². The Kier molecular flexibility index (Phi) is 4.87. The van der Waals surface area contributed by atoms with E-state index in [1.54, 1.807) is 36.4 Å². The molecule has 3 aromatic carbocycles. The highest BCUT2D eigenvalue weighted by Gasteiger charge is 2.30. The van der Waals surface area contributed by atoms with Gasteiger partial charge in [0.05, 0.1) is 11.1 Å². The van der Waals surface area contributed by atoms with Crippen LogP contribution < -0.4 is 10.9 Å². The monoisotopic (exact) mass is 409 g/mol. The summed E-state index contributed by atoms with van der Waals surface area (Å²) in [7, 11) is 0. The van der Waals surface area contributed by atoms with Crippen LogP contribution in [-0.4, -0.2) is 5.91 Å².